The molecule has 0 bridgehead atoms. The number of ether oxygens (including phenoxy) is 1. The second-order valence-corrected chi connectivity index (χ2v) is 5.43. The largest absolute Gasteiger partial charge is 0.465 e. The summed E-state index contributed by atoms with van der Waals surface area (Å²) in [5.41, 5.74) is 0.803. The third kappa shape index (κ3) is 4.02. The number of rotatable bonds is 5. The summed E-state index contributed by atoms with van der Waals surface area (Å²) in [7, 11) is 1.28. The first-order chi connectivity index (χ1) is 10.2. The Bertz CT molecular complexity index is 490. The monoisotopic (exact) mass is 295 g/mol. The van der Waals surface area contributed by atoms with E-state index in [1.54, 1.807) is 12.1 Å². The van der Waals surface area contributed by atoms with E-state index in [9.17, 15) is 9.18 Å². The molecule has 0 spiro atoms. The first-order valence-electron chi connectivity index (χ1n) is 7.37. The molecule has 1 aromatic carbocycles. The van der Waals surface area contributed by atoms with Gasteiger partial charge in [0.15, 0.2) is 0 Å². The quantitative estimate of drug-likeness (QED) is 0.847. The number of benzene rings is 1. The molecule has 1 aliphatic rings. The molecule has 116 valence electrons. The van der Waals surface area contributed by atoms with Crippen LogP contribution in [0, 0.1) is 5.82 Å². The van der Waals surface area contributed by atoms with Crippen LogP contribution in [0.1, 0.15) is 41.6 Å². The van der Waals surface area contributed by atoms with E-state index in [4.69, 9.17) is 5.11 Å². The Morgan fingerprint density at radius 1 is 1.48 bits per heavy atom. The van der Waals surface area contributed by atoms with Gasteiger partial charge >= 0.3 is 5.97 Å². The molecule has 0 radical (unpaired) electrons. The Morgan fingerprint density at radius 3 is 2.95 bits per heavy atom. The highest BCUT2D eigenvalue weighted by Gasteiger charge is 2.23. The first kappa shape index (κ1) is 15.9. The number of methoxy groups -OCH3 is 1. The van der Waals surface area contributed by atoms with Gasteiger partial charge in [-0.2, -0.15) is 0 Å². The summed E-state index contributed by atoms with van der Waals surface area (Å²) in [6.45, 7) is 1.59. The van der Waals surface area contributed by atoms with Gasteiger partial charge in [-0.15, -0.1) is 0 Å². The van der Waals surface area contributed by atoms with Crippen LogP contribution in [0.15, 0.2) is 18.2 Å². The second-order valence-electron chi connectivity index (χ2n) is 5.43. The van der Waals surface area contributed by atoms with E-state index >= 15 is 0 Å². The number of likely N-dealkylation sites (tertiary alicyclic amines) is 1. The fourth-order valence-corrected chi connectivity index (χ4v) is 2.88. The van der Waals surface area contributed by atoms with E-state index < -0.39 is 5.97 Å². The van der Waals surface area contributed by atoms with Crippen molar-refractivity contribution < 1.29 is 19.0 Å². The highest BCUT2D eigenvalue weighted by molar-refractivity contribution is 5.89. The van der Waals surface area contributed by atoms with E-state index in [0.29, 0.717) is 18.2 Å². The highest BCUT2D eigenvalue weighted by atomic mass is 19.1. The number of carbonyl (C=O) groups is 1. The summed E-state index contributed by atoms with van der Waals surface area (Å²) in [5.74, 6) is -0.914. The molecule has 0 amide bonds. The maximum atomic E-state index is 14.1. The van der Waals surface area contributed by atoms with Gasteiger partial charge < -0.3 is 9.84 Å². The smallest absolute Gasteiger partial charge is 0.337 e. The third-order valence-corrected chi connectivity index (χ3v) is 4.06. The fraction of sp³-hybridized carbons (Fsp3) is 0.562. The predicted octanol–water partition coefficient (Wildman–Crippen LogP) is 2.35. The number of aliphatic hydroxyl groups excluding tert-OH is 1. The topological polar surface area (TPSA) is 49.8 Å². The van der Waals surface area contributed by atoms with Crippen LogP contribution in [0.3, 0.4) is 0 Å². The van der Waals surface area contributed by atoms with E-state index in [0.717, 1.165) is 32.2 Å². The molecule has 1 N–H and O–H groups in total. The van der Waals surface area contributed by atoms with Gasteiger partial charge in [0.1, 0.15) is 5.82 Å². The maximum Gasteiger partial charge on any atom is 0.337 e. The third-order valence-electron chi connectivity index (χ3n) is 4.06. The van der Waals surface area contributed by atoms with Crippen LogP contribution >= 0.6 is 0 Å². The number of piperidine rings is 1. The van der Waals surface area contributed by atoms with Crippen LogP contribution < -0.4 is 0 Å². The number of halogens is 1. The summed E-state index contributed by atoms with van der Waals surface area (Å²) < 4.78 is 18.7. The molecule has 0 aromatic heterocycles. The Balaban J connectivity index is 2.09. The van der Waals surface area contributed by atoms with Crippen LogP contribution in [0.25, 0.3) is 0 Å². The molecule has 1 saturated heterocycles. The lowest BCUT2D eigenvalue weighted by Gasteiger charge is -2.35. The van der Waals surface area contributed by atoms with Gasteiger partial charge in [-0.05, 0) is 37.9 Å². The summed E-state index contributed by atoms with van der Waals surface area (Å²) in [5, 5.41) is 9.13. The molecule has 1 aliphatic heterocycles. The van der Waals surface area contributed by atoms with Gasteiger partial charge in [-0.3, -0.25) is 4.90 Å². The molecular weight excluding hydrogens is 273 g/mol. The van der Waals surface area contributed by atoms with Gasteiger partial charge in [0.05, 0.1) is 12.7 Å². The minimum absolute atomic E-state index is 0.158. The lowest BCUT2D eigenvalue weighted by atomic mass is 9.98. The summed E-state index contributed by atoms with van der Waals surface area (Å²) in [6.07, 6.45) is 4.03. The van der Waals surface area contributed by atoms with E-state index in [-0.39, 0.29) is 18.0 Å². The van der Waals surface area contributed by atoms with Crippen LogP contribution in [0.5, 0.6) is 0 Å². The number of esters is 1. The Labute approximate surface area is 124 Å². The average molecular weight is 295 g/mol. The Kier molecular flexibility index (Phi) is 5.70. The predicted molar refractivity (Wildman–Crippen MR) is 77.5 cm³/mol. The van der Waals surface area contributed by atoms with E-state index in [2.05, 4.69) is 9.64 Å². The van der Waals surface area contributed by atoms with Gasteiger partial charge in [-0.25, -0.2) is 9.18 Å². The number of hydrogen-bond donors (Lipinski definition) is 1. The van der Waals surface area contributed by atoms with Crippen LogP contribution in [-0.4, -0.2) is 42.3 Å². The van der Waals surface area contributed by atoms with Crippen molar-refractivity contribution in [2.75, 3.05) is 20.3 Å². The van der Waals surface area contributed by atoms with Crippen molar-refractivity contribution >= 4 is 5.97 Å². The van der Waals surface area contributed by atoms with Crippen molar-refractivity contribution in [3.8, 4) is 0 Å². The maximum absolute atomic E-state index is 14.1. The zero-order chi connectivity index (χ0) is 15.2. The minimum atomic E-state index is -0.531. The Morgan fingerprint density at radius 2 is 2.29 bits per heavy atom. The second kappa shape index (κ2) is 7.52. The van der Waals surface area contributed by atoms with Crippen molar-refractivity contribution in [2.45, 2.75) is 38.3 Å². The van der Waals surface area contributed by atoms with Gasteiger partial charge in [0.2, 0.25) is 0 Å². The molecule has 1 atom stereocenters. The number of carbonyl (C=O) groups excluding carboxylic acids is 1. The fourth-order valence-electron chi connectivity index (χ4n) is 2.88. The average Bonchev–Trinajstić information content (AvgIpc) is 2.50. The van der Waals surface area contributed by atoms with Gasteiger partial charge in [-0.1, -0.05) is 12.5 Å². The van der Waals surface area contributed by atoms with Crippen LogP contribution in [0.4, 0.5) is 4.39 Å². The molecule has 5 heteroatoms. The Hall–Kier alpha value is -1.46. The molecule has 0 saturated carbocycles. The number of nitrogens with zero attached hydrogens (tertiary/aromatic N) is 1. The number of hydrogen-bond acceptors (Lipinski definition) is 4. The molecule has 0 aliphatic carbocycles. The first-order valence-corrected chi connectivity index (χ1v) is 7.37. The normalized spacial score (nSPS) is 19.5. The molecule has 2 rings (SSSR count). The molecular formula is C16H22FNO3. The highest BCUT2D eigenvalue weighted by Crippen LogP contribution is 2.23. The summed E-state index contributed by atoms with van der Waals surface area (Å²) in [6, 6.07) is 4.77. The lowest BCUT2D eigenvalue weighted by molar-refractivity contribution is 0.0600. The number of aliphatic hydroxyl groups is 1. The van der Waals surface area contributed by atoms with Crippen molar-refractivity contribution in [3.05, 3.63) is 35.1 Å². The SMILES string of the molecule is COC(=O)c1ccc(CN2CCCCC2CCO)c(F)c1. The molecule has 1 unspecified atom stereocenters. The summed E-state index contributed by atoms with van der Waals surface area (Å²) >= 11 is 0. The summed E-state index contributed by atoms with van der Waals surface area (Å²) in [4.78, 5) is 13.6. The van der Waals surface area contributed by atoms with Crippen LogP contribution in [-0.2, 0) is 11.3 Å². The molecule has 1 aromatic rings. The molecule has 1 heterocycles. The van der Waals surface area contributed by atoms with Crippen molar-refractivity contribution in [2.24, 2.45) is 0 Å². The van der Waals surface area contributed by atoms with Gasteiger partial charge in [0.25, 0.3) is 0 Å². The standard InChI is InChI=1S/C16H22FNO3/c1-21-16(20)12-5-6-13(15(17)10-12)11-18-8-3-2-4-14(18)7-9-19/h5-6,10,14,19H,2-4,7-9,11H2,1H3. The molecule has 1 fully saturated rings. The zero-order valence-corrected chi connectivity index (χ0v) is 12.3. The van der Waals surface area contributed by atoms with E-state index in [1.165, 1.54) is 13.2 Å². The zero-order valence-electron chi connectivity index (χ0n) is 12.3. The minimum Gasteiger partial charge on any atom is -0.465 e. The lowest BCUT2D eigenvalue weighted by Crippen LogP contribution is -2.39. The molecule has 21 heavy (non-hydrogen) atoms. The van der Waals surface area contributed by atoms with Crippen molar-refractivity contribution in [1.29, 1.82) is 0 Å². The van der Waals surface area contributed by atoms with Crippen LogP contribution in [0.2, 0.25) is 0 Å². The van der Waals surface area contributed by atoms with Crippen molar-refractivity contribution in [3.63, 3.8) is 0 Å². The van der Waals surface area contributed by atoms with Crippen molar-refractivity contribution in [1.82, 2.24) is 4.90 Å². The van der Waals surface area contributed by atoms with Gasteiger partial charge in [0, 0.05) is 24.8 Å². The molecule has 4 nitrogen and oxygen atoms in total. The van der Waals surface area contributed by atoms with E-state index in [1.807, 2.05) is 0 Å².